The highest BCUT2D eigenvalue weighted by Gasteiger charge is 2.26. The summed E-state index contributed by atoms with van der Waals surface area (Å²) in [7, 11) is 0. The van der Waals surface area contributed by atoms with E-state index in [1.807, 2.05) is 35.2 Å². The molecule has 6 heteroatoms. The zero-order chi connectivity index (χ0) is 18.4. The maximum atomic E-state index is 12.6. The van der Waals surface area contributed by atoms with Crippen LogP contribution in [0.1, 0.15) is 22.8 Å². The van der Waals surface area contributed by atoms with E-state index in [2.05, 4.69) is 15.2 Å². The highest BCUT2D eigenvalue weighted by molar-refractivity contribution is 5.97. The zero-order valence-electron chi connectivity index (χ0n) is 15.0. The summed E-state index contributed by atoms with van der Waals surface area (Å²) in [5.74, 6) is -0.249. The summed E-state index contributed by atoms with van der Waals surface area (Å²) in [5, 5.41) is 2.79. The molecular weight excluding hydrogens is 328 g/mol. The normalized spacial score (nSPS) is 16.1. The lowest BCUT2D eigenvalue weighted by Gasteiger charge is -2.36. The average Bonchev–Trinajstić information content (AvgIpc) is 2.69. The Bertz CT molecular complexity index is 728. The zero-order valence-corrected chi connectivity index (χ0v) is 15.0. The smallest absolute Gasteiger partial charge is 0.251 e. The van der Waals surface area contributed by atoms with Gasteiger partial charge >= 0.3 is 0 Å². The molecule has 1 saturated heterocycles. The van der Waals surface area contributed by atoms with Gasteiger partial charge in [0.1, 0.15) is 6.04 Å². The predicted octanol–water partition coefficient (Wildman–Crippen LogP) is 1.54. The number of pyridine rings is 1. The van der Waals surface area contributed by atoms with Crippen LogP contribution in [0.4, 0.5) is 0 Å². The lowest BCUT2D eigenvalue weighted by molar-refractivity contribution is -0.134. The van der Waals surface area contributed by atoms with Crippen molar-refractivity contribution in [2.75, 3.05) is 26.2 Å². The standard InChI is InChI=1S/C20H24N4O2/c1-16(22-19(25)18-5-3-2-4-6-18)20(26)24-13-11-23(12-14-24)15-17-7-9-21-10-8-17/h2-10,16H,11-15H2,1H3,(H,22,25). The fourth-order valence-electron chi connectivity index (χ4n) is 3.08. The van der Waals surface area contributed by atoms with Crippen molar-refractivity contribution in [3.05, 3.63) is 66.0 Å². The minimum atomic E-state index is -0.533. The summed E-state index contributed by atoms with van der Waals surface area (Å²) in [4.78, 5) is 33.0. The fraction of sp³-hybridized carbons (Fsp3) is 0.350. The van der Waals surface area contributed by atoms with E-state index in [1.165, 1.54) is 5.56 Å². The van der Waals surface area contributed by atoms with Gasteiger partial charge in [0, 0.05) is 50.7 Å². The van der Waals surface area contributed by atoms with Gasteiger partial charge in [0.15, 0.2) is 0 Å². The molecule has 1 N–H and O–H groups in total. The van der Waals surface area contributed by atoms with Crippen molar-refractivity contribution in [2.45, 2.75) is 19.5 Å². The first kappa shape index (κ1) is 18.1. The Labute approximate surface area is 153 Å². The predicted molar refractivity (Wildman–Crippen MR) is 99.5 cm³/mol. The molecule has 6 nitrogen and oxygen atoms in total. The van der Waals surface area contributed by atoms with Gasteiger partial charge in [-0.15, -0.1) is 0 Å². The van der Waals surface area contributed by atoms with Crippen molar-refractivity contribution in [2.24, 2.45) is 0 Å². The minimum absolute atomic E-state index is 0.0298. The van der Waals surface area contributed by atoms with Crippen molar-refractivity contribution in [3.8, 4) is 0 Å². The maximum absolute atomic E-state index is 12.6. The molecule has 2 amide bonds. The number of amides is 2. The third kappa shape index (κ3) is 4.67. The molecule has 136 valence electrons. The van der Waals surface area contributed by atoms with Crippen molar-refractivity contribution >= 4 is 11.8 Å². The molecule has 1 unspecified atom stereocenters. The molecule has 1 fully saturated rings. The van der Waals surface area contributed by atoms with Crippen LogP contribution in [0.25, 0.3) is 0 Å². The molecule has 1 aromatic carbocycles. The lowest BCUT2D eigenvalue weighted by Crippen LogP contribution is -2.53. The first-order chi connectivity index (χ1) is 12.6. The summed E-state index contributed by atoms with van der Waals surface area (Å²) < 4.78 is 0. The van der Waals surface area contributed by atoms with Crippen LogP contribution in [-0.4, -0.2) is 58.8 Å². The van der Waals surface area contributed by atoms with Crippen LogP contribution in [0.15, 0.2) is 54.9 Å². The number of rotatable bonds is 5. The van der Waals surface area contributed by atoms with Crippen LogP contribution in [0.3, 0.4) is 0 Å². The van der Waals surface area contributed by atoms with Gasteiger partial charge in [-0.2, -0.15) is 0 Å². The Hall–Kier alpha value is -2.73. The SMILES string of the molecule is CC(NC(=O)c1ccccc1)C(=O)N1CCN(Cc2ccncc2)CC1. The van der Waals surface area contributed by atoms with E-state index in [4.69, 9.17) is 0 Å². The quantitative estimate of drug-likeness (QED) is 0.887. The van der Waals surface area contributed by atoms with Gasteiger partial charge in [-0.05, 0) is 36.8 Å². The van der Waals surface area contributed by atoms with Crippen LogP contribution < -0.4 is 5.32 Å². The van der Waals surface area contributed by atoms with Crippen LogP contribution >= 0.6 is 0 Å². The highest BCUT2D eigenvalue weighted by atomic mass is 16.2. The lowest BCUT2D eigenvalue weighted by atomic mass is 10.2. The van der Waals surface area contributed by atoms with Gasteiger partial charge < -0.3 is 10.2 Å². The van der Waals surface area contributed by atoms with Crippen LogP contribution in [-0.2, 0) is 11.3 Å². The molecule has 26 heavy (non-hydrogen) atoms. The number of carbonyl (C=O) groups is 2. The van der Waals surface area contributed by atoms with E-state index in [0.717, 1.165) is 19.6 Å². The summed E-state index contributed by atoms with van der Waals surface area (Å²) >= 11 is 0. The van der Waals surface area contributed by atoms with E-state index in [9.17, 15) is 9.59 Å². The monoisotopic (exact) mass is 352 g/mol. The van der Waals surface area contributed by atoms with Crippen LogP contribution in [0, 0.1) is 0 Å². The van der Waals surface area contributed by atoms with Crippen molar-refractivity contribution in [1.29, 1.82) is 0 Å². The molecule has 0 saturated carbocycles. The van der Waals surface area contributed by atoms with Gasteiger partial charge in [-0.3, -0.25) is 19.5 Å². The molecule has 1 aliphatic heterocycles. The molecule has 1 atom stereocenters. The third-order valence-corrected chi connectivity index (χ3v) is 4.59. The number of benzene rings is 1. The number of nitrogens with zero attached hydrogens (tertiary/aromatic N) is 3. The molecule has 2 heterocycles. The van der Waals surface area contributed by atoms with Crippen molar-refractivity contribution in [3.63, 3.8) is 0 Å². The second-order valence-electron chi connectivity index (χ2n) is 6.52. The van der Waals surface area contributed by atoms with Gasteiger partial charge in [-0.1, -0.05) is 18.2 Å². The molecule has 0 radical (unpaired) electrons. The second-order valence-corrected chi connectivity index (χ2v) is 6.52. The Kier molecular flexibility index (Phi) is 5.96. The van der Waals surface area contributed by atoms with E-state index in [0.29, 0.717) is 18.7 Å². The molecule has 1 aromatic heterocycles. The second kappa shape index (κ2) is 8.58. The van der Waals surface area contributed by atoms with Gasteiger partial charge in [-0.25, -0.2) is 0 Å². The van der Waals surface area contributed by atoms with E-state index in [-0.39, 0.29) is 11.8 Å². The average molecular weight is 352 g/mol. The largest absolute Gasteiger partial charge is 0.341 e. The Balaban J connectivity index is 1.47. The van der Waals surface area contributed by atoms with E-state index in [1.54, 1.807) is 31.5 Å². The summed E-state index contributed by atoms with van der Waals surface area (Å²) in [6.45, 7) is 5.61. The van der Waals surface area contributed by atoms with Gasteiger partial charge in [0.2, 0.25) is 5.91 Å². The Morgan fingerprint density at radius 1 is 1.04 bits per heavy atom. The molecule has 3 rings (SSSR count). The first-order valence-corrected chi connectivity index (χ1v) is 8.89. The molecule has 0 bridgehead atoms. The number of hydrogen-bond donors (Lipinski definition) is 1. The van der Waals surface area contributed by atoms with Gasteiger partial charge in [0.25, 0.3) is 5.91 Å². The van der Waals surface area contributed by atoms with E-state index >= 15 is 0 Å². The number of carbonyl (C=O) groups excluding carboxylic acids is 2. The summed E-state index contributed by atoms with van der Waals surface area (Å²) in [5.41, 5.74) is 1.79. The number of hydrogen-bond acceptors (Lipinski definition) is 4. The summed E-state index contributed by atoms with van der Waals surface area (Å²) in [6.07, 6.45) is 3.60. The molecular formula is C20H24N4O2. The topological polar surface area (TPSA) is 65.5 Å². The van der Waals surface area contributed by atoms with Gasteiger partial charge in [0.05, 0.1) is 0 Å². The van der Waals surface area contributed by atoms with E-state index < -0.39 is 6.04 Å². The van der Waals surface area contributed by atoms with Crippen LogP contribution in [0.2, 0.25) is 0 Å². The fourth-order valence-corrected chi connectivity index (χ4v) is 3.08. The summed E-state index contributed by atoms with van der Waals surface area (Å²) in [6, 6.07) is 12.4. The molecule has 0 aliphatic carbocycles. The molecule has 1 aliphatic rings. The number of aromatic nitrogens is 1. The highest BCUT2D eigenvalue weighted by Crippen LogP contribution is 2.09. The maximum Gasteiger partial charge on any atom is 0.251 e. The minimum Gasteiger partial charge on any atom is -0.341 e. The van der Waals surface area contributed by atoms with Crippen molar-refractivity contribution in [1.82, 2.24) is 20.1 Å². The Morgan fingerprint density at radius 2 is 1.69 bits per heavy atom. The first-order valence-electron chi connectivity index (χ1n) is 8.89. The number of nitrogens with one attached hydrogen (secondary N) is 1. The van der Waals surface area contributed by atoms with Crippen molar-refractivity contribution < 1.29 is 9.59 Å². The van der Waals surface area contributed by atoms with Crippen LogP contribution in [0.5, 0.6) is 0 Å². The third-order valence-electron chi connectivity index (χ3n) is 4.59. The Morgan fingerprint density at radius 3 is 2.35 bits per heavy atom. The number of piperazine rings is 1. The molecule has 2 aromatic rings. The molecule has 0 spiro atoms.